The standard InChI is InChI=1S/C26H29N3O6/c1-3-34-25(32)22-16-21(28-29-22)24(31)27-20(15-23(30)26(33)35-4-2)14-17-10-12-19(13-11-17)18-8-6-5-7-9-18/h5-13,16,20,23,30H,3-4,14-15H2,1-2H3,(H,27,31)(H,28,29). The number of aromatic amines is 1. The molecule has 2 aromatic carbocycles. The van der Waals surface area contributed by atoms with Gasteiger partial charge in [0, 0.05) is 18.5 Å². The Morgan fingerprint density at radius 2 is 1.63 bits per heavy atom. The Balaban J connectivity index is 1.74. The lowest BCUT2D eigenvalue weighted by Crippen LogP contribution is -2.41. The smallest absolute Gasteiger partial charge is 0.356 e. The summed E-state index contributed by atoms with van der Waals surface area (Å²) in [5.74, 6) is -1.93. The minimum absolute atomic E-state index is 0.0110. The second-order valence-electron chi connectivity index (χ2n) is 7.83. The summed E-state index contributed by atoms with van der Waals surface area (Å²) in [5.41, 5.74) is 3.07. The second-order valence-corrected chi connectivity index (χ2v) is 7.83. The Morgan fingerprint density at radius 1 is 0.971 bits per heavy atom. The number of esters is 2. The topological polar surface area (TPSA) is 131 Å². The molecule has 0 aliphatic carbocycles. The fourth-order valence-electron chi connectivity index (χ4n) is 3.56. The lowest BCUT2D eigenvalue weighted by molar-refractivity contribution is -0.153. The quantitative estimate of drug-likeness (QED) is 0.361. The average molecular weight is 480 g/mol. The van der Waals surface area contributed by atoms with Crippen LogP contribution in [0.1, 0.15) is 46.8 Å². The van der Waals surface area contributed by atoms with E-state index in [2.05, 4.69) is 15.5 Å². The number of carbonyl (C=O) groups is 3. The van der Waals surface area contributed by atoms with E-state index >= 15 is 0 Å². The molecule has 3 N–H and O–H groups in total. The highest BCUT2D eigenvalue weighted by Gasteiger charge is 2.25. The maximum Gasteiger partial charge on any atom is 0.356 e. The molecular weight excluding hydrogens is 450 g/mol. The van der Waals surface area contributed by atoms with Crippen LogP contribution in [0.3, 0.4) is 0 Å². The molecule has 0 aliphatic rings. The largest absolute Gasteiger partial charge is 0.464 e. The van der Waals surface area contributed by atoms with E-state index in [1.54, 1.807) is 13.8 Å². The Kier molecular flexibility index (Phi) is 9.14. The third kappa shape index (κ3) is 7.25. The molecule has 2 atom stereocenters. The molecule has 0 bridgehead atoms. The highest BCUT2D eigenvalue weighted by molar-refractivity contribution is 5.96. The molecule has 9 heteroatoms. The summed E-state index contributed by atoms with van der Waals surface area (Å²) in [6, 6.07) is 18.4. The Bertz CT molecular complexity index is 1130. The monoisotopic (exact) mass is 479 g/mol. The molecular formula is C26H29N3O6. The molecule has 1 aromatic heterocycles. The molecule has 184 valence electrons. The molecule has 0 radical (unpaired) electrons. The van der Waals surface area contributed by atoms with Crippen LogP contribution in [-0.4, -0.2) is 58.5 Å². The molecule has 9 nitrogen and oxygen atoms in total. The van der Waals surface area contributed by atoms with Crippen molar-refractivity contribution < 1.29 is 29.0 Å². The molecule has 3 aromatic rings. The van der Waals surface area contributed by atoms with Crippen molar-refractivity contribution in [2.24, 2.45) is 0 Å². The molecule has 2 unspecified atom stereocenters. The van der Waals surface area contributed by atoms with Gasteiger partial charge in [0.05, 0.1) is 13.2 Å². The number of benzene rings is 2. The van der Waals surface area contributed by atoms with Crippen molar-refractivity contribution in [2.75, 3.05) is 13.2 Å². The van der Waals surface area contributed by atoms with E-state index in [1.807, 2.05) is 54.6 Å². The average Bonchev–Trinajstić information content (AvgIpc) is 3.36. The Morgan fingerprint density at radius 3 is 2.29 bits per heavy atom. The van der Waals surface area contributed by atoms with Crippen LogP contribution in [0.15, 0.2) is 60.7 Å². The molecule has 1 heterocycles. The van der Waals surface area contributed by atoms with E-state index in [4.69, 9.17) is 9.47 Å². The number of ether oxygens (including phenoxy) is 2. The molecule has 1 amide bonds. The molecule has 0 spiro atoms. The maximum absolute atomic E-state index is 12.8. The summed E-state index contributed by atoms with van der Waals surface area (Å²) in [6.45, 7) is 3.65. The van der Waals surface area contributed by atoms with E-state index in [-0.39, 0.29) is 31.0 Å². The molecule has 35 heavy (non-hydrogen) atoms. The van der Waals surface area contributed by atoms with Crippen molar-refractivity contribution in [1.82, 2.24) is 15.5 Å². The van der Waals surface area contributed by atoms with E-state index < -0.39 is 30.0 Å². The first kappa shape index (κ1) is 25.6. The number of rotatable bonds is 11. The van der Waals surface area contributed by atoms with Gasteiger partial charge in [-0.25, -0.2) is 9.59 Å². The number of hydrogen-bond donors (Lipinski definition) is 3. The number of nitrogens with one attached hydrogen (secondary N) is 2. The molecule has 0 fully saturated rings. The lowest BCUT2D eigenvalue weighted by atomic mass is 9.97. The molecule has 0 aliphatic heterocycles. The van der Waals surface area contributed by atoms with Crippen LogP contribution >= 0.6 is 0 Å². The van der Waals surface area contributed by atoms with Crippen LogP contribution in [-0.2, 0) is 20.7 Å². The normalized spacial score (nSPS) is 12.4. The number of amides is 1. The fourth-order valence-corrected chi connectivity index (χ4v) is 3.56. The van der Waals surface area contributed by atoms with Gasteiger partial charge in [-0.2, -0.15) is 5.10 Å². The minimum Gasteiger partial charge on any atom is -0.464 e. The number of aliphatic hydroxyl groups excluding tert-OH is 1. The maximum atomic E-state index is 12.8. The van der Waals surface area contributed by atoms with Gasteiger partial charge >= 0.3 is 11.9 Å². The number of H-pyrrole nitrogens is 1. The molecule has 0 saturated carbocycles. The Labute approximate surface area is 203 Å². The van der Waals surface area contributed by atoms with Gasteiger partial charge in [0.25, 0.3) is 5.91 Å². The second kappa shape index (κ2) is 12.5. The number of aromatic nitrogens is 2. The SMILES string of the molecule is CCOC(=O)c1cc(C(=O)NC(Cc2ccc(-c3ccccc3)cc2)CC(O)C(=O)OCC)n[nH]1. The van der Waals surface area contributed by atoms with E-state index in [0.717, 1.165) is 16.7 Å². The summed E-state index contributed by atoms with van der Waals surface area (Å²) in [4.78, 5) is 36.6. The van der Waals surface area contributed by atoms with E-state index in [9.17, 15) is 19.5 Å². The minimum atomic E-state index is -1.40. The first-order valence-electron chi connectivity index (χ1n) is 11.4. The summed E-state index contributed by atoms with van der Waals surface area (Å²) in [6.07, 6.45) is -1.11. The zero-order valence-electron chi connectivity index (χ0n) is 19.7. The zero-order chi connectivity index (χ0) is 25.2. The predicted molar refractivity (Wildman–Crippen MR) is 129 cm³/mol. The lowest BCUT2D eigenvalue weighted by Gasteiger charge is -2.21. The first-order valence-corrected chi connectivity index (χ1v) is 11.4. The van der Waals surface area contributed by atoms with Crippen molar-refractivity contribution in [3.05, 3.63) is 77.6 Å². The highest BCUT2D eigenvalue weighted by Crippen LogP contribution is 2.20. The van der Waals surface area contributed by atoms with Crippen LogP contribution in [0, 0.1) is 0 Å². The zero-order valence-corrected chi connectivity index (χ0v) is 19.7. The molecule has 3 rings (SSSR count). The van der Waals surface area contributed by atoms with Crippen molar-refractivity contribution in [3.8, 4) is 11.1 Å². The third-order valence-corrected chi connectivity index (χ3v) is 5.25. The summed E-state index contributed by atoms with van der Waals surface area (Å²) in [7, 11) is 0. The number of carbonyl (C=O) groups excluding carboxylic acids is 3. The van der Waals surface area contributed by atoms with Crippen LogP contribution in [0.5, 0.6) is 0 Å². The number of nitrogens with zero attached hydrogens (tertiary/aromatic N) is 1. The van der Waals surface area contributed by atoms with Crippen molar-refractivity contribution in [2.45, 2.75) is 38.8 Å². The van der Waals surface area contributed by atoms with Gasteiger partial charge in [0.1, 0.15) is 5.69 Å². The number of hydrogen-bond acceptors (Lipinski definition) is 7. The third-order valence-electron chi connectivity index (χ3n) is 5.25. The van der Waals surface area contributed by atoms with Crippen molar-refractivity contribution in [3.63, 3.8) is 0 Å². The predicted octanol–water partition coefficient (Wildman–Crippen LogP) is 2.91. The van der Waals surface area contributed by atoms with Crippen LogP contribution in [0.4, 0.5) is 0 Å². The summed E-state index contributed by atoms with van der Waals surface area (Å²) < 4.78 is 9.79. The summed E-state index contributed by atoms with van der Waals surface area (Å²) in [5, 5.41) is 19.5. The van der Waals surface area contributed by atoms with Gasteiger partial charge in [-0.3, -0.25) is 9.89 Å². The van der Waals surface area contributed by atoms with E-state index in [1.165, 1.54) is 6.07 Å². The van der Waals surface area contributed by atoms with Gasteiger partial charge in [0.15, 0.2) is 11.8 Å². The molecule has 0 saturated heterocycles. The van der Waals surface area contributed by atoms with Gasteiger partial charge in [-0.05, 0) is 37.0 Å². The van der Waals surface area contributed by atoms with Crippen LogP contribution in [0.2, 0.25) is 0 Å². The Hall–Kier alpha value is -3.98. The van der Waals surface area contributed by atoms with Gasteiger partial charge in [-0.15, -0.1) is 0 Å². The van der Waals surface area contributed by atoms with Gasteiger partial charge in [0.2, 0.25) is 0 Å². The van der Waals surface area contributed by atoms with Crippen LogP contribution < -0.4 is 5.32 Å². The first-order chi connectivity index (χ1) is 16.9. The van der Waals surface area contributed by atoms with Gasteiger partial charge in [-0.1, -0.05) is 54.6 Å². The van der Waals surface area contributed by atoms with Crippen molar-refractivity contribution in [1.29, 1.82) is 0 Å². The summed E-state index contributed by atoms with van der Waals surface area (Å²) >= 11 is 0. The van der Waals surface area contributed by atoms with Crippen molar-refractivity contribution >= 4 is 17.8 Å². The fraction of sp³-hybridized carbons (Fsp3) is 0.308. The highest BCUT2D eigenvalue weighted by atomic mass is 16.5. The van der Waals surface area contributed by atoms with Gasteiger partial charge < -0.3 is 19.9 Å². The number of aliphatic hydroxyl groups is 1. The van der Waals surface area contributed by atoms with Crippen LogP contribution in [0.25, 0.3) is 11.1 Å². The van der Waals surface area contributed by atoms with E-state index in [0.29, 0.717) is 6.42 Å².